The number of nitrogens with zero attached hydrogens (tertiary/aromatic N) is 1. The fraction of sp³-hybridized carbons (Fsp3) is 0.417. The van der Waals surface area contributed by atoms with E-state index in [4.69, 9.17) is 14.6 Å². The van der Waals surface area contributed by atoms with E-state index in [1.54, 1.807) is 0 Å². The average Bonchev–Trinajstić information content (AvgIpc) is 2.39. The predicted octanol–water partition coefficient (Wildman–Crippen LogP) is 1.85. The van der Waals surface area contributed by atoms with Crippen molar-refractivity contribution in [2.24, 2.45) is 0 Å². The number of non-ortho nitro benzene ring substituents is 1. The van der Waals surface area contributed by atoms with Gasteiger partial charge in [-0.25, -0.2) is 4.79 Å². The monoisotopic (exact) mass is 267 g/mol. The van der Waals surface area contributed by atoms with Gasteiger partial charge >= 0.3 is 5.97 Å². The Morgan fingerprint density at radius 3 is 2.68 bits per heavy atom. The normalized spacial score (nSPS) is 16.0. The van der Waals surface area contributed by atoms with Gasteiger partial charge in [-0.3, -0.25) is 10.1 Å². The van der Waals surface area contributed by atoms with E-state index in [2.05, 4.69) is 0 Å². The predicted molar refractivity (Wildman–Crippen MR) is 64.5 cm³/mol. The summed E-state index contributed by atoms with van der Waals surface area (Å²) in [6.45, 7) is 1.14. The number of rotatable bonds is 4. The molecule has 7 nitrogen and oxygen atoms in total. The maximum Gasteiger partial charge on any atom is 0.339 e. The van der Waals surface area contributed by atoms with Crippen molar-refractivity contribution in [3.05, 3.63) is 33.9 Å². The van der Waals surface area contributed by atoms with Crippen LogP contribution in [0.2, 0.25) is 0 Å². The lowest BCUT2D eigenvalue weighted by atomic mass is 10.1. The molecule has 0 bridgehead atoms. The zero-order valence-corrected chi connectivity index (χ0v) is 10.1. The van der Waals surface area contributed by atoms with Crippen molar-refractivity contribution in [2.75, 3.05) is 13.2 Å². The third kappa shape index (κ3) is 3.19. The Hall–Kier alpha value is -2.15. The van der Waals surface area contributed by atoms with Crippen LogP contribution >= 0.6 is 0 Å². The molecule has 1 aromatic rings. The number of benzene rings is 1. The lowest BCUT2D eigenvalue weighted by Gasteiger charge is -2.23. The number of aromatic carboxylic acids is 1. The van der Waals surface area contributed by atoms with Crippen molar-refractivity contribution >= 4 is 11.7 Å². The first kappa shape index (κ1) is 13.3. The Morgan fingerprint density at radius 2 is 2.11 bits per heavy atom. The zero-order chi connectivity index (χ0) is 13.8. The number of hydrogen-bond donors (Lipinski definition) is 1. The molecule has 1 fully saturated rings. The molecule has 1 N–H and O–H groups in total. The molecule has 1 heterocycles. The fourth-order valence-electron chi connectivity index (χ4n) is 1.87. The van der Waals surface area contributed by atoms with Gasteiger partial charge in [0.05, 0.1) is 18.1 Å². The number of hydrogen-bond acceptors (Lipinski definition) is 5. The molecule has 0 atom stereocenters. The maximum absolute atomic E-state index is 11.1. The maximum atomic E-state index is 11.1. The Bertz CT molecular complexity index is 495. The van der Waals surface area contributed by atoms with Crippen LogP contribution in [0.3, 0.4) is 0 Å². The lowest BCUT2D eigenvalue weighted by molar-refractivity contribution is -0.384. The zero-order valence-electron chi connectivity index (χ0n) is 10.1. The standard InChI is InChI=1S/C12H13NO6/c14-12(15)10-7-8(13(16)17)1-2-11(10)19-9-3-5-18-6-4-9/h1-2,7,9H,3-6H2,(H,14,15). The Balaban J connectivity index is 2.23. The number of carboxylic acids is 1. The summed E-state index contributed by atoms with van der Waals surface area (Å²) in [5.41, 5.74) is -0.461. The van der Waals surface area contributed by atoms with E-state index >= 15 is 0 Å². The first-order valence-corrected chi connectivity index (χ1v) is 5.84. The van der Waals surface area contributed by atoms with Gasteiger partial charge in [-0.1, -0.05) is 0 Å². The number of carboxylic acid groups (broad SMARTS) is 1. The summed E-state index contributed by atoms with van der Waals surface area (Å²) < 4.78 is 10.8. The van der Waals surface area contributed by atoms with Gasteiger partial charge < -0.3 is 14.6 Å². The van der Waals surface area contributed by atoms with Crippen molar-refractivity contribution in [1.82, 2.24) is 0 Å². The molecule has 0 aliphatic carbocycles. The van der Waals surface area contributed by atoms with E-state index in [0.29, 0.717) is 26.1 Å². The van der Waals surface area contributed by atoms with Gasteiger partial charge in [0, 0.05) is 25.0 Å². The summed E-state index contributed by atoms with van der Waals surface area (Å²) in [5, 5.41) is 19.7. The molecule has 7 heteroatoms. The van der Waals surface area contributed by atoms with E-state index in [0.717, 1.165) is 6.07 Å². The summed E-state index contributed by atoms with van der Waals surface area (Å²) >= 11 is 0. The first-order valence-electron chi connectivity index (χ1n) is 5.84. The van der Waals surface area contributed by atoms with Crippen molar-refractivity contribution < 1.29 is 24.3 Å². The average molecular weight is 267 g/mol. The minimum absolute atomic E-state index is 0.117. The number of nitro groups is 1. The SMILES string of the molecule is O=C(O)c1cc([N+](=O)[O-])ccc1OC1CCOCC1. The molecule has 1 aliphatic rings. The van der Waals surface area contributed by atoms with E-state index in [1.165, 1.54) is 12.1 Å². The molecule has 19 heavy (non-hydrogen) atoms. The van der Waals surface area contributed by atoms with Crippen LogP contribution in [0.15, 0.2) is 18.2 Å². The van der Waals surface area contributed by atoms with Gasteiger partial charge in [-0.05, 0) is 6.07 Å². The molecule has 1 aromatic carbocycles. The number of nitro benzene ring substituents is 1. The highest BCUT2D eigenvalue weighted by molar-refractivity contribution is 5.91. The minimum Gasteiger partial charge on any atom is -0.489 e. The van der Waals surface area contributed by atoms with Gasteiger partial charge in [-0.15, -0.1) is 0 Å². The highest BCUT2D eigenvalue weighted by atomic mass is 16.6. The summed E-state index contributed by atoms with van der Waals surface area (Å²) in [6.07, 6.45) is 1.24. The second-order valence-electron chi connectivity index (χ2n) is 4.17. The van der Waals surface area contributed by atoms with Gasteiger partial charge in [0.25, 0.3) is 5.69 Å². The van der Waals surface area contributed by atoms with Crippen molar-refractivity contribution in [3.8, 4) is 5.75 Å². The molecule has 0 radical (unpaired) electrons. The Morgan fingerprint density at radius 1 is 1.42 bits per heavy atom. The number of ether oxygens (including phenoxy) is 2. The second kappa shape index (κ2) is 5.66. The molecule has 0 spiro atoms. The molecule has 2 rings (SSSR count). The summed E-state index contributed by atoms with van der Waals surface area (Å²) in [4.78, 5) is 21.1. The third-order valence-electron chi connectivity index (χ3n) is 2.87. The minimum atomic E-state index is -1.24. The van der Waals surface area contributed by atoms with Crippen LogP contribution in [-0.4, -0.2) is 35.3 Å². The van der Waals surface area contributed by atoms with Crippen LogP contribution in [0, 0.1) is 10.1 Å². The van der Waals surface area contributed by atoms with Crippen molar-refractivity contribution in [2.45, 2.75) is 18.9 Å². The molecular weight excluding hydrogens is 254 g/mol. The molecule has 0 aromatic heterocycles. The molecule has 0 unspecified atom stereocenters. The third-order valence-corrected chi connectivity index (χ3v) is 2.87. The smallest absolute Gasteiger partial charge is 0.339 e. The van der Waals surface area contributed by atoms with Crippen molar-refractivity contribution in [3.63, 3.8) is 0 Å². The largest absolute Gasteiger partial charge is 0.489 e. The van der Waals surface area contributed by atoms with Crippen LogP contribution < -0.4 is 4.74 Å². The van der Waals surface area contributed by atoms with E-state index in [-0.39, 0.29) is 23.1 Å². The quantitative estimate of drug-likeness (QED) is 0.660. The topological polar surface area (TPSA) is 98.9 Å². The second-order valence-corrected chi connectivity index (χ2v) is 4.17. The summed E-state index contributed by atoms with van der Waals surface area (Å²) in [7, 11) is 0. The Kier molecular flexibility index (Phi) is 3.96. The molecule has 102 valence electrons. The molecular formula is C12H13NO6. The van der Waals surface area contributed by atoms with Gasteiger partial charge in [0.2, 0.25) is 0 Å². The molecule has 0 saturated carbocycles. The van der Waals surface area contributed by atoms with Crippen LogP contribution in [0.1, 0.15) is 23.2 Å². The molecule has 0 amide bonds. The highest BCUT2D eigenvalue weighted by Crippen LogP contribution is 2.26. The fourth-order valence-corrected chi connectivity index (χ4v) is 1.87. The van der Waals surface area contributed by atoms with Crippen molar-refractivity contribution in [1.29, 1.82) is 0 Å². The highest BCUT2D eigenvalue weighted by Gasteiger charge is 2.21. The Labute approximate surface area is 108 Å². The van der Waals surface area contributed by atoms with Crippen LogP contribution in [-0.2, 0) is 4.74 Å². The van der Waals surface area contributed by atoms with Crippen LogP contribution in [0.25, 0.3) is 0 Å². The van der Waals surface area contributed by atoms with Crippen LogP contribution in [0.5, 0.6) is 5.75 Å². The summed E-state index contributed by atoms with van der Waals surface area (Å²) in [5.74, 6) is -1.09. The first-order chi connectivity index (χ1) is 9.08. The van der Waals surface area contributed by atoms with E-state index in [9.17, 15) is 14.9 Å². The molecule has 1 aliphatic heterocycles. The van der Waals surface area contributed by atoms with E-state index in [1.807, 2.05) is 0 Å². The van der Waals surface area contributed by atoms with E-state index < -0.39 is 10.9 Å². The van der Waals surface area contributed by atoms with Crippen LogP contribution in [0.4, 0.5) is 5.69 Å². The number of carbonyl (C=O) groups is 1. The van der Waals surface area contributed by atoms with Gasteiger partial charge in [-0.2, -0.15) is 0 Å². The van der Waals surface area contributed by atoms with Gasteiger partial charge in [0.1, 0.15) is 17.4 Å². The van der Waals surface area contributed by atoms with Gasteiger partial charge in [0.15, 0.2) is 0 Å². The lowest BCUT2D eigenvalue weighted by Crippen LogP contribution is -2.26. The summed E-state index contributed by atoms with van der Waals surface area (Å²) in [6, 6.07) is 3.58. The molecule has 1 saturated heterocycles.